The van der Waals surface area contributed by atoms with Gasteiger partial charge in [-0.1, -0.05) is 0 Å². The molecule has 3 rings (SSSR count). The molecule has 20 heavy (non-hydrogen) atoms. The molecule has 7 heteroatoms. The number of carboxylic acid groups (broad SMARTS) is 1. The number of fused-ring (bicyclic) bond motifs is 1. The number of nitrogens with zero attached hydrogens (tertiary/aromatic N) is 2. The third-order valence-electron chi connectivity index (χ3n) is 3.13. The van der Waals surface area contributed by atoms with E-state index in [0.29, 0.717) is 10.2 Å². The van der Waals surface area contributed by atoms with Crippen molar-refractivity contribution in [3.63, 3.8) is 0 Å². The number of benzene rings is 1. The molecule has 6 nitrogen and oxygen atoms in total. The summed E-state index contributed by atoms with van der Waals surface area (Å²) >= 11 is 3.24. The summed E-state index contributed by atoms with van der Waals surface area (Å²) in [6.07, 6.45) is 4.78. The highest BCUT2D eigenvalue weighted by atomic mass is 79.9. The number of ketones is 1. The van der Waals surface area contributed by atoms with Gasteiger partial charge in [-0.05, 0) is 28.1 Å². The van der Waals surface area contributed by atoms with Gasteiger partial charge >= 0.3 is 5.97 Å². The lowest BCUT2D eigenvalue weighted by Gasteiger charge is -2.26. The summed E-state index contributed by atoms with van der Waals surface area (Å²) in [7, 11) is 0. The van der Waals surface area contributed by atoms with Crippen LogP contribution >= 0.6 is 15.9 Å². The highest BCUT2D eigenvalue weighted by Gasteiger charge is 2.32. The number of ether oxygens (including phenoxy) is 1. The monoisotopic (exact) mass is 336 g/mol. The van der Waals surface area contributed by atoms with Crippen LogP contribution in [-0.2, 0) is 0 Å². The second-order valence-corrected chi connectivity index (χ2v) is 5.20. The number of aromatic nitrogens is 2. The van der Waals surface area contributed by atoms with Gasteiger partial charge in [-0.3, -0.25) is 4.79 Å². The van der Waals surface area contributed by atoms with Gasteiger partial charge < -0.3 is 14.4 Å². The highest BCUT2D eigenvalue weighted by Crippen LogP contribution is 2.37. The van der Waals surface area contributed by atoms with Crippen molar-refractivity contribution in [2.24, 2.45) is 0 Å². The van der Waals surface area contributed by atoms with Crippen molar-refractivity contribution in [3.8, 4) is 5.75 Å². The van der Waals surface area contributed by atoms with Crippen molar-refractivity contribution >= 4 is 27.7 Å². The first-order chi connectivity index (χ1) is 9.58. The fourth-order valence-corrected chi connectivity index (χ4v) is 2.71. The average Bonchev–Trinajstić information content (AvgIpc) is 2.93. The number of carbonyl (C=O) groups excluding carboxylic acids is 1. The highest BCUT2D eigenvalue weighted by molar-refractivity contribution is 9.10. The van der Waals surface area contributed by atoms with Gasteiger partial charge in [0.2, 0.25) is 0 Å². The van der Waals surface area contributed by atoms with E-state index in [1.54, 1.807) is 17.0 Å². The molecular formula is C13H9BrN2O4. The molecule has 0 radical (unpaired) electrons. The lowest BCUT2D eigenvalue weighted by atomic mass is 9.98. The third kappa shape index (κ3) is 2.00. The summed E-state index contributed by atoms with van der Waals surface area (Å²) in [5.74, 6) is -0.893. The van der Waals surface area contributed by atoms with Crippen LogP contribution in [0.2, 0.25) is 0 Å². The van der Waals surface area contributed by atoms with Gasteiger partial charge in [0.15, 0.2) is 5.78 Å². The molecule has 0 amide bonds. The van der Waals surface area contributed by atoms with E-state index in [-0.39, 0.29) is 23.5 Å². The van der Waals surface area contributed by atoms with E-state index in [9.17, 15) is 9.59 Å². The zero-order chi connectivity index (χ0) is 14.3. The standard InChI is InChI=1S/C13H9BrN2O4/c14-9-4-7(13(18)19)3-8-11(17)10(5-20-12(8)9)16-2-1-15-6-16/h1-4,6,10H,5H2,(H,18,19). The lowest BCUT2D eigenvalue weighted by Crippen LogP contribution is -2.30. The topological polar surface area (TPSA) is 81.4 Å². The molecule has 1 unspecified atom stereocenters. The van der Waals surface area contributed by atoms with E-state index in [2.05, 4.69) is 20.9 Å². The van der Waals surface area contributed by atoms with Crippen molar-refractivity contribution < 1.29 is 19.4 Å². The molecule has 1 aliphatic heterocycles. The summed E-state index contributed by atoms with van der Waals surface area (Å²) < 4.78 is 7.69. The largest absolute Gasteiger partial charge is 0.489 e. The fraction of sp³-hybridized carbons (Fsp3) is 0.154. The SMILES string of the molecule is O=C(O)c1cc(Br)c2c(c1)C(=O)C(n1ccnc1)CO2. The minimum absolute atomic E-state index is 0.0406. The molecule has 0 spiro atoms. The fourth-order valence-electron chi connectivity index (χ4n) is 2.14. The predicted molar refractivity (Wildman–Crippen MR) is 72.2 cm³/mol. The zero-order valence-corrected chi connectivity index (χ0v) is 11.7. The van der Waals surface area contributed by atoms with Gasteiger partial charge in [-0.15, -0.1) is 0 Å². The maximum atomic E-state index is 12.5. The summed E-state index contributed by atoms with van der Waals surface area (Å²) in [6, 6.07) is 2.24. The van der Waals surface area contributed by atoms with E-state index >= 15 is 0 Å². The number of carboxylic acids is 1. The van der Waals surface area contributed by atoms with Gasteiger partial charge in [0.25, 0.3) is 0 Å². The maximum Gasteiger partial charge on any atom is 0.335 e. The second-order valence-electron chi connectivity index (χ2n) is 4.34. The van der Waals surface area contributed by atoms with Crippen LogP contribution in [0.5, 0.6) is 5.75 Å². The minimum atomic E-state index is -1.09. The van der Waals surface area contributed by atoms with Crippen LogP contribution < -0.4 is 4.74 Å². The third-order valence-corrected chi connectivity index (χ3v) is 3.72. The molecule has 1 aliphatic rings. The molecule has 1 aromatic carbocycles. The molecule has 0 aliphatic carbocycles. The Morgan fingerprint density at radius 2 is 2.30 bits per heavy atom. The first kappa shape index (κ1) is 12.9. The van der Waals surface area contributed by atoms with Gasteiger partial charge in [0, 0.05) is 12.4 Å². The number of hydrogen-bond donors (Lipinski definition) is 1. The molecule has 102 valence electrons. The molecule has 2 aromatic rings. The Kier molecular flexibility index (Phi) is 3.06. The number of carbonyl (C=O) groups is 2. The van der Waals surface area contributed by atoms with Crippen LogP contribution in [0.4, 0.5) is 0 Å². The van der Waals surface area contributed by atoms with Crippen LogP contribution in [0, 0.1) is 0 Å². The Hall–Kier alpha value is -2.15. The van der Waals surface area contributed by atoms with E-state index in [1.165, 1.54) is 18.5 Å². The molecule has 0 saturated carbocycles. The molecule has 0 bridgehead atoms. The maximum absolute atomic E-state index is 12.5. The second kappa shape index (κ2) is 4.75. The normalized spacial score (nSPS) is 17.4. The molecule has 1 aromatic heterocycles. The summed E-state index contributed by atoms with van der Waals surface area (Å²) in [5.41, 5.74) is 0.306. The van der Waals surface area contributed by atoms with Crippen LogP contribution in [0.3, 0.4) is 0 Å². The molecule has 0 fully saturated rings. The van der Waals surface area contributed by atoms with Gasteiger partial charge in [0.1, 0.15) is 18.4 Å². The Balaban J connectivity index is 2.08. The van der Waals surface area contributed by atoms with Crippen molar-refractivity contribution in [3.05, 3.63) is 46.5 Å². The van der Waals surface area contributed by atoms with Crippen molar-refractivity contribution in [2.75, 3.05) is 6.61 Å². The quantitative estimate of drug-likeness (QED) is 0.908. The van der Waals surface area contributed by atoms with E-state index < -0.39 is 12.0 Å². The van der Waals surface area contributed by atoms with E-state index in [0.717, 1.165) is 0 Å². The first-order valence-electron chi connectivity index (χ1n) is 5.79. The molecule has 0 saturated heterocycles. The number of Topliss-reactive ketones (excluding diaryl/α,β-unsaturated/α-hetero) is 1. The number of rotatable bonds is 2. The predicted octanol–water partition coefficient (Wildman–Crippen LogP) is 2.16. The van der Waals surface area contributed by atoms with Gasteiger partial charge in [-0.2, -0.15) is 0 Å². The zero-order valence-electron chi connectivity index (χ0n) is 10.1. The molecule has 1 N–H and O–H groups in total. The first-order valence-corrected chi connectivity index (χ1v) is 6.58. The van der Waals surface area contributed by atoms with Crippen LogP contribution in [0.25, 0.3) is 0 Å². The van der Waals surface area contributed by atoms with Crippen LogP contribution in [0.1, 0.15) is 26.8 Å². The smallest absolute Gasteiger partial charge is 0.335 e. The summed E-state index contributed by atoms with van der Waals surface area (Å²) in [6.45, 7) is 0.188. The Morgan fingerprint density at radius 3 is 2.95 bits per heavy atom. The Morgan fingerprint density at radius 1 is 1.50 bits per heavy atom. The number of imidazole rings is 1. The summed E-state index contributed by atoms with van der Waals surface area (Å²) in [4.78, 5) is 27.5. The Bertz CT molecular complexity index is 697. The van der Waals surface area contributed by atoms with E-state index in [4.69, 9.17) is 9.84 Å². The minimum Gasteiger partial charge on any atom is -0.489 e. The lowest BCUT2D eigenvalue weighted by molar-refractivity contribution is 0.0696. The number of aromatic carboxylic acids is 1. The van der Waals surface area contributed by atoms with Crippen LogP contribution in [-0.4, -0.2) is 33.0 Å². The molecule has 2 heterocycles. The van der Waals surface area contributed by atoms with Gasteiger partial charge in [-0.25, -0.2) is 9.78 Å². The Labute approximate surface area is 122 Å². The number of hydrogen-bond acceptors (Lipinski definition) is 4. The van der Waals surface area contributed by atoms with Gasteiger partial charge in [0.05, 0.1) is 21.9 Å². The number of halogens is 1. The van der Waals surface area contributed by atoms with Crippen LogP contribution in [0.15, 0.2) is 35.3 Å². The summed E-state index contributed by atoms with van der Waals surface area (Å²) in [5, 5.41) is 9.06. The van der Waals surface area contributed by atoms with E-state index in [1.807, 2.05) is 0 Å². The average molecular weight is 337 g/mol. The molecular weight excluding hydrogens is 328 g/mol. The van der Waals surface area contributed by atoms with Crippen molar-refractivity contribution in [2.45, 2.75) is 6.04 Å². The van der Waals surface area contributed by atoms with Crippen molar-refractivity contribution in [1.82, 2.24) is 9.55 Å². The van der Waals surface area contributed by atoms with Crippen molar-refractivity contribution in [1.29, 1.82) is 0 Å². The molecule has 1 atom stereocenters.